The van der Waals surface area contributed by atoms with Crippen LogP contribution in [0.2, 0.25) is 0 Å². The normalized spacial score (nSPS) is 10.2. The molecular weight excluding hydrogens is 236 g/mol. The first-order chi connectivity index (χ1) is 9.31. The quantitative estimate of drug-likeness (QED) is 0.727. The SMILES string of the molecule is CCCc1ccc(OCc2ccc(C=O)cc2)cc1. The summed E-state index contributed by atoms with van der Waals surface area (Å²) in [7, 11) is 0. The van der Waals surface area contributed by atoms with Gasteiger partial charge in [-0.15, -0.1) is 0 Å². The molecule has 2 aromatic rings. The van der Waals surface area contributed by atoms with Crippen molar-refractivity contribution in [1.29, 1.82) is 0 Å². The predicted molar refractivity (Wildman–Crippen MR) is 76.6 cm³/mol. The zero-order valence-corrected chi connectivity index (χ0v) is 11.1. The van der Waals surface area contributed by atoms with E-state index in [1.54, 1.807) is 12.1 Å². The molecule has 0 aliphatic rings. The Morgan fingerprint density at radius 3 is 2.16 bits per heavy atom. The number of aryl methyl sites for hydroxylation is 1. The molecule has 0 aliphatic carbocycles. The fraction of sp³-hybridized carbons (Fsp3) is 0.235. The molecule has 0 aromatic heterocycles. The fourth-order valence-corrected chi connectivity index (χ4v) is 1.90. The molecule has 0 radical (unpaired) electrons. The standard InChI is InChI=1S/C17H18O2/c1-2-3-14-8-10-17(11-9-14)19-13-16-6-4-15(12-18)5-7-16/h4-12H,2-3,13H2,1H3. The topological polar surface area (TPSA) is 26.3 Å². The summed E-state index contributed by atoms with van der Waals surface area (Å²) in [5.74, 6) is 0.874. The van der Waals surface area contributed by atoms with E-state index >= 15 is 0 Å². The van der Waals surface area contributed by atoms with Crippen LogP contribution in [0.5, 0.6) is 5.75 Å². The summed E-state index contributed by atoms with van der Waals surface area (Å²) in [6.45, 7) is 2.69. The van der Waals surface area contributed by atoms with Crippen LogP contribution in [0, 0.1) is 0 Å². The zero-order valence-electron chi connectivity index (χ0n) is 11.1. The van der Waals surface area contributed by atoms with E-state index in [0.29, 0.717) is 12.2 Å². The molecule has 0 saturated heterocycles. The van der Waals surface area contributed by atoms with Crippen LogP contribution in [0.1, 0.15) is 34.8 Å². The van der Waals surface area contributed by atoms with Crippen molar-refractivity contribution in [3.63, 3.8) is 0 Å². The maximum atomic E-state index is 10.6. The number of benzene rings is 2. The Morgan fingerprint density at radius 1 is 0.947 bits per heavy atom. The minimum Gasteiger partial charge on any atom is -0.489 e. The second-order valence-corrected chi connectivity index (χ2v) is 4.54. The minimum atomic E-state index is 0.520. The van der Waals surface area contributed by atoms with Crippen LogP contribution in [-0.2, 0) is 13.0 Å². The summed E-state index contributed by atoms with van der Waals surface area (Å²) in [6.07, 6.45) is 3.10. The molecule has 0 atom stereocenters. The predicted octanol–water partition coefficient (Wildman–Crippen LogP) is 4.03. The molecule has 19 heavy (non-hydrogen) atoms. The lowest BCUT2D eigenvalue weighted by Crippen LogP contribution is -1.96. The lowest BCUT2D eigenvalue weighted by molar-refractivity contribution is 0.112. The van der Waals surface area contributed by atoms with Gasteiger partial charge in [-0.3, -0.25) is 4.79 Å². The van der Waals surface area contributed by atoms with E-state index in [0.717, 1.165) is 30.4 Å². The van der Waals surface area contributed by atoms with Crippen molar-refractivity contribution in [2.45, 2.75) is 26.4 Å². The molecule has 2 heteroatoms. The van der Waals surface area contributed by atoms with Gasteiger partial charge in [0.15, 0.2) is 0 Å². The van der Waals surface area contributed by atoms with Gasteiger partial charge in [-0.1, -0.05) is 49.7 Å². The van der Waals surface area contributed by atoms with Crippen LogP contribution in [0.15, 0.2) is 48.5 Å². The third kappa shape index (κ3) is 3.95. The highest BCUT2D eigenvalue weighted by Gasteiger charge is 1.97. The van der Waals surface area contributed by atoms with E-state index in [4.69, 9.17) is 4.74 Å². The summed E-state index contributed by atoms with van der Waals surface area (Å²) in [5.41, 5.74) is 3.08. The number of aldehydes is 1. The Hall–Kier alpha value is -2.09. The van der Waals surface area contributed by atoms with Crippen molar-refractivity contribution in [2.24, 2.45) is 0 Å². The smallest absolute Gasteiger partial charge is 0.150 e. The Labute approximate surface area is 114 Å². The average Bonchev–Trinajstić information content (AvgIpc) is 2.47. The van der Waals surface area contributed by atoms with E-state index in [-0.39, 0.29) is 0 Å². The lowest BCUT2D eigenvalue weighted by Gasteiger charge is -2.07. The third-order valence-electron chi connectivity index (χ3n) is 2.98. The summed E-state index contributed by atoms with van der Waals surface area (Å²) in [6, 6.07) is 15.6. The number of hydrogen-bond donors (Lipinski definition) is 0. The first-order valence-electron chi connectivity index (χ1n) is 6.57. The van der Waals surface area contributed by atoms with E-state index < -0.39 is 0 Å². The van der Waals surface area contributed by atoms with Crippen molar-refractivity contribution in [1.82, 2.24) is 0 Å². The second kappa shape index (κ2) is 6.74. The van der Waals surface area contributed by atoms with Gasteiger partial charge < -0.3 is 4.74 Å². The summed E-state index contributed by atoms with van der Waals surface area (Å²) >= 11 is 0. The summed E-state index contributed by atoms with van der Waals surface area (Å²) in [4.78, 5) is 10.6. The van der Waals surface area contributed by atoms with Gasteiger partial charge >= 0.3 is 0 Å². The Morgan fingerprint density at radius 2 is 1.58 bits per heavy atom. The Bertz CT molecular complexity index is 512. The van der Waals surface area contributed by atoms with E-state index in [9.17, 15) is 4.79 Å². The highest BCUT2D eigenvalue weighted by atomic mass is 16.5. The van der Waals surface area contributed by atoms with Crippen molar-refractivity contribution in [3.05, 3.63) is 65.2 Å². The van der Waals surface area contributed by atoms with Crippen LogP contribution < -0.4 is 4.74 Å². The molecule has 0 spiro atoms. The van der Waals surface area contributed by atoms with E-state index in [2.05, 4.69) is 19.1 Å². The summed E-state index contributed by atoms with van der Waals surface area (Å²) < 4.78 is 5.71. The third-order valence-corrected chi connectivity index (χ3v) is 2.98. The zero-order chi connectivity index (χ0) is 13.5. The molecule has 0 saturated carbocycles. The van der Waals surface area contributed by atoms with Crippen LogP contribution in [0.25, 0.3) is 0 Å². The number of hydrogen-bond acceptors (Lipinski definition) is 2. The van der Waals surface area contributed by atoms with Crippen molar-refractivity contribution in [2.75, 3.05) is 0 Å². The van der Waals surface area contributed by atoms with Crippen molar-refractivity contribution >= 4 is 6.29 Å². The molecule has 0 N–H and O–H groups in total. The number of ether oxygens (including phenoxy) is 1. The van der Waals surface area contributed by atoms with Crippen LogP contribution in [0.4, 0.5) is 0 Å². The summed E-state index contributed by atoms with van der Waals surface area (Å²) in [5, 5.41) is 0. The van der Waals surface area contributed by atoms with Gasteiger partial charge in [-0.25, -0.2) is 0 Å². The average molecular weight is 254 g/mol. The molecule has 0 fully saturated rings. The number of carbonyl (C=O) groups excluding carboxylic acids is 1. The molecule has 0 bridgehead atoms. The van der Waals surface area contributed by atoms with Gasteiger partial charge in [0.1, 0.15) is 18.6 Å². The van der Waals surface area contributed by atoms with E-state index in [1.165, 1.54) is 5.56 Å². The van der Waals surface area contributed by atoms with Gasteiger partial charge in [0, 0.05) is 5.56 Å². The van der Waals surface area contributed by atoms with Gasteiger partial charge in [0.25, 0.3) is 0 Å². The Kier molecular flexibility index (Phi) is 4.73. The molecule has 0 unspecified atom stereocenters. The lowest BCUT2D eigenvalue weighted by atomic mass is 10.1. The molecule has 0 amide bonds. The van der Waals surface area contributed by atoms with Crippen LogP contribution >= 0.6 is 0 Å². The Balaban J connectivity index is 1.92. The molecule has 0 aliphatic heterocycles. The first-order valence-corrected chi connectivity index (χ1v) is 6.57. The monoisotopic (exact) mass is 254 g/mol. The number of carbonyl (C=O) groups is 1. The molecular formula is C17H18O2. The van der Waals surface area contributed by atoms with Crippen LogP contribution in [-0.4, -0.2) is 6.29 Å². The van der Waals surface area contributed by atoms with E-state index in [1.807, 2.05) is 24.3 Å². The highest BCUT2D eigenvalue weighted by molar-refractivity contribution is 5.74. The molecule has 0 heterocycles. The minimum absolute atomic E-state index is 0.520. The molecule has 2 nitrogen and oxygen atoms in total. The van der Waals surface area contributed by atoms with Crippen molar-refractivity contribution in [3.8, 4) is 5.75 Å². The maximum Gasteiger partial charge on any atom is 0.150 e. The fourth-order valence-electron chi connectivity index (χ4n) is 1.90. The van der Waals surface area contributed by atoms with Crippen LogP contribution in [0.3, 0.4) is 0 Å². The molecule has 2 rings (SSSR count). The second-order valence-electron chi connectivity index (χ2n) is 4.54. The largest absolute Gasteiger partial charge is 0.489 e. The highest BCUT2D eigenvalue weighted by Crippen LogP contribution is 2.15. The van der Waals surface area contributed by atoms with Gasteiger partial charge in [-0.2, -0.15) is 0 Å². The number of rotatable bonds is 6. The van der Waals surface area contributed by atoms with Gasteiger partial charge in [-0.05, 0) is 29.7 Å². The van der Waals surface area contributed by atoms with Gasteiger partial charge in [0.05, 0.1) is 0 Å². The molecule has 2 aromatic carbocycles. The first kappa shape index (κ1) is 13.3. The van der Waals surface area contributed by atoms with Gasteiger partial charge in [0.2, 0.25) is 0 Å². The van der Waals surface area contributed by atoms with Crippen molar-refractivity contribution < 1.29 is 9.53 Å². The molecule has 98 valence electrons. The maximum absolute atomic E-state index is 10.6.